The number of amides is 1. The molecule has 0 fully saturated rings. The van der Waals surface area contributed by atoms with Gasteiger partial charge in [-0.2, -0.15) is 0 Å². The van der Waals surface area contributed by atoms with Crippen LogP contribution in [0.15, 0.2) is 18.2 Å². The van der Waals surface area contributed by atoms with Gasteiger partial charge in [0.2, 0.25) is 0 Å². The first-order valence-electron chi connectivity index (χ1n) is 6.00. The molecule has 1 rings (SSSR count). The van der Waals surface area contributed by atoms with Gasteiger partial charge in [-0.1, -0.05) is 32.1 Å². The summed E-state index contributed by atoms with van der Waals surface area (Å²) in [6.45, 7) is 7.96. The number of rotatable bonds is 4. The number of hydrogen-bond acceptors (Lipinski definition) is 2. The van der Waals surface area contributed by atoms with E-state index in [2.05, 4.69) is 5.32 Å². The number of thiocarbonyl (C=S) groups is 1. The predicted octanol–water partition coefficient (Wildman–Crippen LogP) is 2.34. The van der Waals surface area contributed by atoms with Crippen LogP contribution in [0.4, 0.5) is 0 Å². The van der Waals surface area contributed by atoms with Gasteiger partial charge < -0.3 is 11.1 Å². The number of carbonyl (C=O) groups is 1. The van der Waals surface area contributed by atoms with E-state index in [-0.39, 0.29) is 17.9 Å². The van der Waals surface area contributed by atoms with E-state index >= 15 is 0 Å². The Bertz CT molecular complexity index is 469. The van der Waals surface area contributed by atoms with Crippen molar-refractivity contribution in [2.24, 2.45) is 11.7 Å². The maximum Gasteiger partial charge on any atom is 0.251 e. The highest BCUT2D eigenvalue weighted by Crippen LogP contribution is 2.11. The average molecular weight is 264 g/mol. The molecule has 0 bridgehead atoms. The van der Waals surface area contributed by atoms with Gasteiger partial charge in [-0.25, -0.2) is 0 Å². The zero-order chi connectivity index (χ0) is 13.9. The Hall–Kier alpha value is -1.42. The largest absolute Gasteiger partial charge is 0.392 e. The van der Waals surface area contributed by atoms with Gasteiger partial charge in [-0.05, 0) is 43.0 Å². The Morgan fingerprint density at radius 3 is 2.33 bits per heavy atom. The van der Waals surface area contributed by atoms with Crippen LogP contribution in [0.5, 0.6) is 0 Å². The van der Waals surface area contributed by atoms with Crippen molar-refractivity contribution < 1.29 is 4.79 Å². The molecule has 0 aliphatic carbocycles. The van der Waals surface area contributed by atoms with Crippen LogP contribution < -0.4 is 11.1 Å². The van der Waals surface area contributed by atoms with E-state index in [0.29, 0.717) is 10.6 Å². The quantitative estimate of drug-likeness (QED) is 0.821. The number of aryl methyl sites for hydroxylation is 2. The molecular weight excluding hydrogens is 244 g/mol. The molecule has 1 aromatic rings. The van der Waals surface area contributed by atoms with Gasteiger partial charge in [0.05, 0.1) is 11.0 Å². The molecule has 0 saturated carbocycles. The second-order valence-corrected chi connectivity index (χ2v) is 5.37. The van der Waals surface area contributed by atoms with E-state index < -0.39 is 0 Å². The van der Waals surface area contributed by atoms with Crippen LogP contribution in [-0.4, -0.2) is 16.9 Å². The van der Waals surface area contributed by atoms with Crippen molar-refractivity contribution in [1.82, 2.24) is 5.32 Å². The molecule has 1 aromatic carbocycles. The van der Waals surface area contributed by atoms with Crippen molar-refractivity contribution in [3.63, 3.8) is 0 Å². The van der Waals surface area contributed by atoms with Crippen molar-refractivity contribution >= 4 is 23.1 Å². The summed E-state index contributed by atoms with van der Waals surface area (Å²) in [5.41, 5.74) is 8.54. The Balaban J connectivity index is 2.87. The monoisotopic (exact) mass is 264 g/mol. The molecular formula is C14H20N2OS. The van der Waals surface area contributed by atoms with E-state index in [9.17, 15) is 4.79 Å². The third kappa shape index (κ3) is 3.53. The summed E-state index contributed by atoms with van der Waals surface area (Å²) in [6, 6.07) is 5.36. The van der Waals surface area contributed by atoms with Crippen LogP contribution in [-0.2, 0) is 0 Å². The highest BCUT2D eigenvalue weighted by atomic mass is 32.1. The summed E-state index contributed by atoms with van der Waals surface area (Å²) >= 11 is 4.97. The molecule has 3 nitrogen and oxygen atoms in total. The van der Waals surface area contributed by atoms with Gasteiger partial charge in [0, 0.05) is 5.56 Å². The fourth-order valence-electron chi connectivity index (χ4n) is 1.67. The maximum absolute atomic E-state index is 12.1. The zero-order valence-corrected chi connectivity index (χ0v) is 12.1. The number of carbonyl (C=O) groups excluding carboxylic acids is 1. The first-order chi connectivity index (χ1) is 8.32. The second kappa shape index (κ2) is 5.96. The Morgan fingerprint density at radius 1 is 1.28 bits per heavy atom. The highest BCUT2D eigenvalue weighted by molar-refractivity contribution is 7.80. The summed E-state index contributed by atoms with van der Waals surface area (Å²) in [5.74, 6) is 0.0441. The summed E-state index contributed by atoms with van der Waals surface area (Å²) in [7, 11) is 0. The molecule has 18 heavy (non-hydrogen) atoms. The minimum atomic E-state index is -0.269. The number of benzene rings is 1. The van der Waals surface area contributed by atoms with Crippen molar-refractivity contribution in [1.29, 1.82) is 0 Å². The van der Waals surface area contributed by atoms with Gasteiger partial charge in [0.25, 0.3) is 5.91 Å². The van der Waals surface area contributed by atoms with Crippen LogP contribution in [0.2, 0.25) is 0 Å². The van der Waals surface area contributed by atoms with Crippen molar-refractivity contribution in [2.75, 3.05) is 0 Å². The van der Waals surface area contributed by atoms with Gasteiger partial charge >= 0.3 is 0 Å². The molecule has 0 radical (unpaired) electrons. The summed E-state index contributed by atoms with van der Waals surface area (Å²) in [6.07, 6.45) is 0. The van der Waals surface area contributed by atoms with E-state index in [1.807, 2.05) is 45.9 Å². The predicted molar refractivity (Wildman–Crippen MR) is 78.8 cm³/mol. The molecule has 3 N–H and O–H groups in total. The van der Waals surface area contributed by atoms with Gasteiger partial charge in [-0.3, -0.25) is 4.79 Å². The number of nitrogens with two attached hydrogens (primary N) is 1. The maximum atomic E-state index is 12.1. The van der Waals surface area contributed by atoms with Gasteiger partial charge in [-0.15, -0.1) is 0 Å². The number of hydrogen-bond donors (Lipinski definition) is 2. The van der Waals surface area contributed by atoms with E-state index in [4.69, 9.17) is 18.0 Å². The molecule has 0 spiro atoms. The van der Waals surface area contributed by atoms with Crippen LogP contribution in [0.1, 0.15) is 35.3 Å². The molecule has 1 atom stereocenters. The van der Waals surface area contributed by atoms with E-state index in [1.165, 1.54) is 5.56 Å². The fourth-order valence-corrected chi connectivity index (χ4v) is 2.00. The van der Waals surface area contributed by atoms with Crippen LogP contribution in [0, 0.1) is 19.8 Å². The lowest BCUT2D eigenvalue weighted by atomic mass is 10.0. The molecule has 0 saturated heterocycles. The number of nitrogens with one attached hydrogen (secondary N) is 1. The van der Waals surface area contributed by atoms with Crippen LogP contribution in [0.25, 0.3) is 0 Å². The van der Waals surface area contributed by atoms with Crippen LogP contribution >= 0.6 is 12.2 Å². The van der Waals surface area contributed by atoms with Crippen molar-refractivity contribution in [3.8, 4) is 0 Å². The minimum absolute atomic E-state index is 0.135. The van der Waals surface area contributed by atoms with Crippen molar-refractivity contribution in [3.05, 3.63) is 34.9 Å². The summed E-state index contributed by atoms with van der Waals surface area (Å²) in [5, 5.41) is 2.87. The second-order valence-electron chi connectivity index (χ2n) is 4.90. The average Bonchev–Trinajstić information content (AvgIpc) is 2.28. The lowest BCUT2D eigenvalue weighted by Crippen LogP contribution is -2.46. The Labute approximate surface area is 114 Å². The lowest BCUT2D eigenvalue weighted by Gasteiger charge is -2.21. The third-order valence-electron chi connectivity index (χ3n) is 3.03. The molecule has 0 heterocycles. The molecule has 1 amide bonds. The van der Waals surface area contributed by atoms with E-state index in [1.54, 1.807) is 0 Å². The highest BCUT2D eigenvalue weighted by Gasteiger charge is 2.19. The lowest BCUT2D eigenvalue weighted by molar-refractivity contribution is 0.0940. The molecule has 4 heteroatoms. The molecule has 0 aliphatic rings. The standard InChI is InChI=1S/C14H20N2OS/c1-8(2)12(13(15)18)16-14(17)11-6-5-9(3)10(4)7-11/h5-8,12H,1-4H3,(H2,15,18)(H,16,17). The molecule has 0 aromatic heterocycles. The topological polar surface area (TPSA) is 55.1 Å². The molecule has 0 aliphatic heterocycles. The van der Waals surface area contributed by atoms with Gasteiger partial charge in [0.1, 0.15) is 0 Å². The fraction of sp³-hybridized carbons (Fsp3) is 0.429. The van der Waals surface area contributed by atoms with Gasteiger partial charge in [0.15, 0.2) is 0 Å². The first-order valence-corrected chi connectivity index (χ1v) is 6.41. The molecule has 1 unspecified atom stereocenters. The third-order valence-corrected chi connectivity index (χ3v) is 3.28. The smallest absolute Gasteiger partial charge is 0.251 e. The van der Waals surface area contributed by atoms with Crippen molar-refractivity contribution in [2.45, 2.75) is 33.7 Å². The minimum Gasteiger partial charge on any atom is -0.392 e. The van der Waals surface area contributed by atoms with Crippen LogP contribution in [0.3, 0.4) is 0 Å². The van der Waals surface area contributed by atoms with E-state index in [0.717, 1.165) is 5.56 Å². The zero-order valence-electron chi connectivity index (χ0n) is 11.3. The first kappa shape index (κ1) is 14.6. The Kier molecular flexibility index (Phi) is 4.84. The normalized spacial score (nSPS) is 12.3. The molecule has 98 valence electrons. The summed E-state index contributed by atoms with van der Waals surface area (Å²) in [4.78, 5) is 12.4. The summed E-state index contributed by atoms with van der Waals surface area (Å²) < 4.78 is 0. The SMILES string of the molecule is Cc1ccc(C(=O)NC(C(N)=S)C(C)C)cc1C. The Morgan fingerprint density at radius 2 is 1.89 bits per heavy atom.